The van der Waals surface area contributed by atoms with Crippen LogP contribution in [0.15, 0.2) is 59.7 Å². The smallest absolute Gasteiger partial charge is 0.242 e. The maximum Gasteiger partial charge on any atom is 0.242 e. The van der Waals surface area contributed by atoms with Crippen LogP contribution in [0.4, 0.5) is 5.69 Å². The summed E-state index contributed by atoms with van der Waals surface area (Å²) in [6, 6.07) is 16.8. The van der Waals surface area contributed by atoms with E-state index in [0.29, 0.717) is 18.5 Å². The number of benzene rings is 2. The van der Waals surface area contributed by atoms with Crippen molar-refractivity contribution in [3.63, 3.8) is 0 Å². The molecule has 2 aromatic rings. The number of carbonyl (C=O) groups excluding carboxylic acids is 1. The molecule has 0 unspecified atom stereocenters. The number of carbonyl (C=O) groups is 1. The van der Waals surface area contributed by atoms with E-state index >= 15 is 0 Å². The number of rotatable bonds is 6. The summed E-state index contributed by atoms with van der Waals surface area (Å²) < 4.78 is 25.9. The molecule has 0 aliphatic carbocycles. The van der Waals surface area contributed by atoms with Crippen LogP contribution >= 0.6 is 0 Å². The largest absolute Gasteiger partial charge is 0.284 e. The van der Waals surface area contributed by atoms with Crippen molar-refractivity contribution in [2.75, 3.05) is 10.5 Å². The van der Waals surface area contributed by atoms with Crippen LogP contribution in [0.1, 0.15) is 43.9 Å². The second-order valence-corrected chi connectivity index (χ2v) is 8.36. The lowest BCUT2D eigenvalue weighted by molar-refractivity contribution is -0.132. The minimum absolute atomic E-state index is 0.0221. The lowest BCUT2D eigenvalue weighted by Crippen LogP contribution is -2.26. The van der Waals surface area contributed by atoms with Crippen LogP contribution in [0.5, 0.6) is 0 Å². The number of hydrogen-bond acceptors (Lipinski definition) is 4. The van der Waals surface area contributed by atoms with Crippen molar-refractivity contribution in [1.29, 1.82) is 0 Å². The molecule has 0 bridgehead atoms. The highest BCUT2D eigenvalue weighted by atomic mass is 32.2. The zero-order valence-corrected chi connectivity index (χ0v) is 16.2. The highest BCUT2D eigenvalue weighted by molar-refractivity contribution is 7.92. The van der Waals surface area contributed by atoms with E-state index in [0.717, 1.165) is 16.8 Å². The lowest BCUT2D eigenvalue weighted by atomic mass is 9.98. The summed E-state index contributed by atoms with van der Waals surface area (Å²) in [6.45, 7) is 3.42. The molecular formula is C20H23N3O3S. The number of hydrogen-bond donors (Lipinski definition) is 1. The summed E-state index contributed by atoms with van der Waals surface area (Å²) in [7, 11) is -3.31. The van der Waals surface area contributed by atoms with E-state index in [1.807, 2.05) is 49.4 Å². The van der Waals surface area contributed by atoms with E-state index < -0.39 is 10.0 Å². The van der Waals surface area contributed by atoms with E-state index in [1.54, 1.807) is 24.1 Å². The lowest BCUT2D eigenvalue weighted by Gasteiger charge is -2.21. The Bertz CT molecular complexity index is 938. The molecule has 6 nitrogen and oxygen atoms in total. The van der Waals surface area contributed by atoms with Crippen molar-refractivity contribution in [2.45, 2.75) is 32.7 Å². The van der Waals surface area contributed by atoms with Gasteiger partial charge in [-0.15, -0.1) is 0 Å². The first-order chi connectivity index (χ1) is 12.9. The minimum atomic E-state index is -3.31. The number of sulfonamides is 1. The van der Waals surface area contributed by atoms with Crippen LogP contribution in [0.2, 0.25) is 0 Å². The summed E-state index contributed by atoms with van der Waals surface area (Å²) in [4.78, 5) is 12.4. The molecule has 0 saturated heterocycles. The Labute approximate surface area is 159 Å². The van der Waals surface area contributed by atoms with Crippen molar-refractivity contribution in [3.05, 3.63) is 65.7 Å². The summed E-state index contributed by atoms with van der Waals surface area (Å²) >= 11 is 0. The fourth-order valence-corrected chi connectivity index (χ4v) is 3.63. The number of amides is 1. The molecule has 1 amide bonds. The minimum Gasteiger partial charge on any atom is -0.284 e. The van der Waals surface area contributed by atoms with Gasteiger partial charge in [-0.25, -0.2) is 13.4 Å². The van der Waals surface area contributed by atoms with Crippen molar-refractivity contribution in [2.24, 2.45) is 5.10 Å². The highest BCUT2D eigenvalue weighted by Crippen LogP contribution is 2.33. The van der Waals surface area contributed by atoms with Gasteiger partial charge in [0.05, 0.1) is 17.5 Å². The molecule has 1 N–H and O–H groups in total. The van der Waals surface area contributed by atoms with Gasteiger partial charge >= 0.3 is 0 Å². The second kappa shape index (κ2) is 7.92. The molecule has 0 radical (unpaired) electrons. The fraction of sp³-hybridized carbons (Fsp3) is 0.300. The molecule has 0 aromatic heterocycles. The molecule has 0 spiro atoms. The van der Waals surface area contributed by atoms with Gasteiger partial charge in [-0.3, -0.25) is 9.52 Å². The molecular weight excluding hydrogens is 362 g/mol. The number of anilines is 1. The van der Waals surface area contributed by atoms with Crippen LogP contribution < -0.4 is 4.72 Å². The monoisotopic (exact) mass is 385 g/mol. The van der Waals surface area contributed by atoms with E-state index in [4.69, 9.17) is 0 Å². The summed E-state index contributed by atoms with van der Waals surface area (Å²) in [5.41, 5.74) is 3.25. The van der Waals surface area contributed by atoms with Crippen LogP contribution in [0.3, 0.4) is 0 Å². The van der Waals surface area contributed by atoms with E-state index in [1.165, 1.54) is 0 Å². The first-order valence-electron chi connectivity index (χ1n) is 8.99. The van der Waals surface area contributed by atoms with Gasteiger partial charge in [-0.2, -0.15) is 5.10 Å². The average molecular weight is 385 g/mol. The van der Waals surface area contributed by atoms with Gasteiger partial charge in [0, 0.05) is 18.5 Å². The molecule has 0 saturated carbocycles. The Morgan fingerprint density at radius 3 is 2.37 bits per heavy atom. The van der Waals surface area contributed by atoms with Crippen LogP contribution in [-0.2, 0) is 14.8 Å². The van der Waals surface area contributed by atoms with Crippen LogP contribution in [0.25, 0.3) is 0 Å². The predicted molar refractivity (Wildman–Crippen MR) is 107 cm³/mol. The van der Waals surface area contributed by atoms with Crippen molar-refractivity contribution >= 4 is 27.3 Å². The van der Waals surface area contributed by atoms with Gasteiger partial charge in [0.1, 0.15) is 0 Å². The number of nitrogens with one attached hydrogen (secondary N) is 1. The molecule has 1 heterocycles. The molecule has 142 valence electrons. The maximum atomic E-state index is 12.4. The van der Waals surface area contributed by atoms with E-state index in [2.05, 4.69) is 9.82 Å². The Hall–Kier alpha value is -2.67. The molecule has 27 heavy (non-hydrogen) atoms. The summed E-state index contributed by atoms with van der Waals surface area (Å²) in [5.74, 6) is 0.0000713. The average Bonchev–Trinajstić information content (AvgIpc) is 3.14. The Morgan fingerprint density at radius 2 is 1.78 bits per heavy atom. The maximum absolute atomic E-state index is 12.4. The van der Waals surface area contributed by atoms with Crippen molar-refractivity contribution < 1.29 is 13.2 Å². The molecule has 2 aromatic carbocycles. The fourth-order valence-electron chi connectivity index (χ4n) is 2.99. The zero-order valence-electron chi connectivity index (χ0n) is 15.4. The molecule has 1 aliphatic heterocycles. The van der Waals surface area contributed by atoms with Crippen molar-refractivity contribution in [1.82, 2.24) is 5.01 Å². The third kappa shape index (κ3) is 4.36. The van der Waals surface area contributed by atoms with Crippen molar-refractivity contribution in [3.8, 4) is 0 Å². The van der Waals surface area contributed by atoms with E-state index in [-0.39, 0.29) is 17.7 Å². The molecule has 1 aliphatic rings. The summed E-state index contributed by atoms with van der Waals surface area (Å²) in [6.07, 6.45) is 1.01. The standard InChI is InChI=1S/C20H23N3O3S/c1-3-20(24)23-19(16-8-6-5-7-9-16)14-18(21-23)15-10-12-17(13-11-15)22-27(25,26)4-2/h5-13,19,22H,3-4,14H2,1-2H3/t19-/m1/s1. The quantitative estimate of drug-likeness (QED) is 0.826. The van der Waals surface area contributed by atoms with Gasteiger partial charge in [0.15, 0.2) is 0 Å². The molecule has 1 atom stereocenters. The number of nitrogens with zero attached hydrogens (tertiary/aromatic N) is 2. The van der Waals surface area contributed by atoms with Gasteiger partial charge in [0.2, 0.25) is 15.9 Å². The van der Waals surface area contributed by atoms with Gasteiger partial charge in [-0.05, 0) is 30.2 Å². The topological polar surface area (TPSA) is 78.8 Å². The SMILES string of the molecule is CCC(=O)N1N=C(c2ccc(NS(=O)(=O)CC)cc2)C[C@@H]1c1ccccc1. The third-order valence-corrected chi connectivity index (χ3v) is 5.83. The highest BCUT2D eigenvalue weighted by Gasteiger charge is 2.32. The normalized spacial score (nSPS) is 16.9. The first kappa shape index (κ1) is 19.1. The Morgan fingerprint density at radius 1 is 1.11 bits per heavy atom. The zero-order chi connectivity index (χ0) is 19.4. The van der Waals surface area contributed by atoms with E-state index in [9.17, 15) is 13.2 Å². The third-order valence-electron chi connectivity index (χ3n) is 4.52. The first-order valence-corrected chi connectivity index (χ1v) is 10.6. The van der Waals surface area contributed by atoms with Crippen LogP contribution in [0, 0.1) is 0 Å². The Balaban J connectivity index is 1.85. The summed E-state index contributed by atoms with van der Waals surface area (Å²) in [5, 5.41) is 6.14. The Kier molecular flexibility index (Phi) is 5.60. The number of hydrazone groups is 1. The molecule has 0 fully saturated rings. The molecule has 3 rings (SSSR count). The van der Waals surface area contributed by atoms with Gasteiger partial charge < -0.3 is 0 Å². The van der Waals surface area contributed by atoms with Gasteiger partial charge in [0.25, 0.3) is 0 Å². The van der Waals surface area contributed by atoms with Gasteiger partial charge in [-0.1, -0.05) is 49.4 Å². The molecule has 7 heteroatoms. The predicted octanol–water partition coefficient (Wildman–Crippen LogP) is 3.54. The second-order valence-electron chi connectivity index (χ2n) is 6.35. The van der Waals surface area contributed by atoms with Crippen LogP contribution in [-0.4, -0.2) is 30.8 Å².